The fraction of sp³-hybridized carbons (Fsp3) is 0.444. The summed E-state index contributed by atoms with van der Waals surface area (Å²) in [6, 6.07) is 5.52. The molecule has 1 aromatic carbocycles. The molecular formula is C18H20ClF3N4O2. The van der Waals surface area contributed by atoms with E-state index in [4.69, 9.17) is 16.3 Å². The molecule has 2 heterocycles. The first kappa shape index (κ1) is 20.6. The van der Waals surface area contributed by atoms with Crippen LogP contribution >= 0.6 is 11.6 Å². The molecule has 152 valence electrons. The number of amides is 1. The van der Waals surface area contributed by atoms with Crippen LogP contribution in [0.25, 0.3) is 5.69 Å². The number of alkyl halides is 3. The SMILES string of the molecule is CC(CN1CCOCC1)NC(=O)c1cnn(-c2cccc(Cl)c2)c1C(F)(F)F. The van der Waals surface area contributed by atoms with Gasteiger partial charge < -0.3 is 10.1 Å². The third-order valence-electron chi connectivity index (χ3n) is 4.35. The minimum Gasteiger partial charge on any atom is -0.379 e. The molecule has 0 aliphatic carbocycles. The summed E-state index contributed by atoms with van der Waals surface area (Å²) in [6.07, 6.45) is -3.83. The number of hydrogen-bond donors (Lipinski definition) is 1. The molecule has 2 aromatic rings. The Kier molecular flexibility index (Phi) is 6.26. The van der Waals surface area contributed by atoms with Crippen LogP contribution < -0.4 is 5.32 Å². The van der Waals surface area contributed by atoms with Gasteiger partial charge in [0.2, 0.25) is 0 Å². The van der Waals surface area contributed by atoms with Crippen LogP contribution in [0.3, 0.4) is 0 Å². The van der Waals surface area contributed by atoms with Gasteiger partial charge in [-0.1, -0.05) is 17.7 Å². The maximum atomic E-state index is 13.7. The van der Waals surface area contributed by atoms with E-state index in [-0.39, 0.29) is 16.8 Å². The van der Waals surface area contributed by atoms with Gasteiger partial charge >= 0.3 is 6.18 Å². The first-order chi connectivity index (χ1) is 13.3. The van der Waals surface area contributed by atoms with Gasteiger partial charge in [-0.15, -0.1) is 0 Å². The lowest BCUT2D eigenvalue weighted by Gasteiger charge is -2.29. The van der Waals surface area contributed by atoms with Gasteiger partial charge in [-0.2, -0.15) is 18.3 Å². The van der Waals surface area contributed by atoms with Crippen molar-refractivity contribution in [3.8, 4) is 5.69 Å². The summed E-state index contributed by atoms with van der Waals surface area (Å²) >= 11 is 5.88. The number of halogens is 4. The van der Waals surface area contributed by atoms with Gasteiger partial charge in [-0.05, 0) is 25.1 Å². The van der Waals surface area contributed by atoms with Crippen molar-refractivity contribution in [1.29, 1.82) is 0 Å². The molecule has 0 spiro atoms. The normalized spacial score (nSPS) is 16.8. The summed E-state index contributed by atoms with van der Waals surface area (Å²) in [5.74, 6) is -0.818. The van der Waals surface area contributed by atoms with Crippen molar-refractivity contribution in [2.45, 2.75) is 19.1 Å². The molecule has 1 atom stereocenters. The Morgan fingerprint density at radius 1 is 1.36 bits per heavy atom. The van der Waals surface area contributed by atoms with E-state index in [0.29, 0.717) is 24.4 Å². The van der Waals surface area contributed by atoms with Gasteiger partial charge in [0.1, 0.15) is 0 Å². The number of carbonyl (C=O) groups excluding carboxylic acids is 1. The second-order valence-corrected chi connectivity index (χ2v) is 7.02. The minimum absolute atomic E-state index is 0.125. The number of carbonyl (C=O) groups is 1. The maximum absolute atomic E-state index is 13.7. The molecular weight excluding hydrogens is 397 g/mol. The number of ether oxygens (including phenoxy) is 1. The fourth-order valence-corrected chi connectivity index (χ4v) is 3.29. The molecule has 1 fully saturated rings. The Hall–Kier alpha value is -2.10. The van der Waals surface area contributed by atoms with Crippen molar-refractivity contribution in [1.82, 2.24) is 20.0 Å². The first-order valence-electron chi connectivity index (χ1n) is 8.78. The van der Waals surface area contributed by atoms with Crippen LogP contribution in [0.1, 0.15) is 23.0 Å². The van der Waals surface area contributed by atoms with Crippen LogP contribution in [0, 0.1) is 0 Å². The van der Waals surface area contributed by atoms with Gasteiger partial charge in [0.15, 0.2) is 5.69 Å². The molecule has 1 aromatic heterocycles. The maximum Gasteiger partial charge on any atom is 0.434 e. The first-order valence-corrected chi connectivity index (χ1v) is 9.15. The monoisotopic (exact) mass is 416 g/mol. The van der Waals surface area contributed by atoms with Crippen molar-refractivity contribution >= 4 is 17.5 Å². The molecule has 1 saturated heterocycles. The standard InChI is InChI=1S/C18H20ClF3N4O2/c1-12(11-25-5-7-28-8-6-25)24-17(27)15-10-23-26(16(15)18(20,21)22)14-4-2-3-13(19)9-14/h2-4,9-10,12H,5-8,11H2,1H3,(H,24,27). The molecule has 0 saturated carbocycles. The number of aromatic nitrogens is 2. The highest BCUT2D eigenvalue weighted by atomic mass is 35.5. The zero-order valence-electron chi connectivity index (χ0n) is 15.2. The summed E-state index contributed by atoms with van der Waals surface area (Å²) in [7, 11) is 0. The van der Waals surface area contributed by atoms with Crippen molar-refractivity contribution in [3.63, 3.8) is 0 Å². The molecule has 1 aliphatic rings. The number of morpholine rings is 1. The number of nitrogens with one attached hydrogen (secondary N) is 1. The number of rotatable bonds is 5. The van der Waals surface area contributed by atoms with E-state index >= 15 is 0 Å². The molecule has 1 unspecified atom stereocenters. The van der Waals surface area contributed by atoms with Crippen molar-refractivity contribution in [3.05, 3.63) is 46.7 Å². The van der Waals surface area contributed by atoms with Crippen molar-refractivity contribution < 1.29 is 22.7 Å². The predicted molar refractivity (Wildman–Crippen MR) is 97.8 cm³/mol. The average Bonchev–Trinajstić information content (AvgIpc) is 3.08. The smallest absolute Gasteiger partial charge is 0.379 e. The van der Waals surface area contributed by atoms with Gasteiger partial charge in [0.25, 0.3) is 5.91 Å². The van der Waals surface area contributed by atoms with E-state index < -0.39 is 23.3 Å². The number of benzene rings is 1. The van der Waals surface area contributed by atoms with Crippen LogP contribution in [0.2, 0.25) is 5.02 Å². The average molecular weight is 417 g/mol. The fourth-order valence-electron chi connectivity index (χ4n) is 3.11. The molecule has 28 heavy (non-hydrogen) atoms. The van der Waals surface area contributed by atoms with E-state index in [0.717, 1.165) is 19.3 Å². The van der Waals surface area contributed by atoms with E-state index in [1.54, 1.807) is 13.0 Å². The van der Waals surface area contributed by atoms with Crippen LogP contribution in [-0.2, 0) is 10.9 Å². The highest BCUT2D eigenvalue weighted by Crippen LogP contribution is 2.34. The van der Waals surface area contributed by atoms with Gasteiger partial charge in [0.05, 0.1) is 30.7 Å². The summed E-state index contributed by atoms with van der Waals surface area (Å²) in [5, 5.41) is 6.69. The molecule has 3 rings (SSSR count). The summed E-state index contributed by atoms with van der Waals surface area (Å²) in [5.41, 5.74) is -1.53. The molecule has 1 amide bonds. The molecule has 1 aliphatic heterocycles. The molecule has 0 radical (unpaired) electrons. The van der Waals surface area contributed by atoms with E-state index in [9.17, 15) is 18.0 Å². The summed E-state index contributed by atoms with van der Waals surface area (Å²) < 4.78 is 47.1. The van der Waals surface area contributed by atoms with Gasteiger partial charge in [-0.25, -0.2) is 4.68 Å². The lowest BCUT2D eigenvalue weighted by Crippen LogP contribution is -2.46. The van der Waals surface area contributed by atoms with Crippen molar-refractivity contribution in [2.75, 3.05) is 32.8 Å². The molecule has 0 bridgehead atoms. The zero-order valence-corrected chi connectivity index (χ0v) is 15.9. The largest absolute Gasteiger partial charge is 0.434 e. The third-order valence-corrected chi connectivity index (χ3v) is 4.58. The Balaban J connectivity index is 1.81. The van der Waals surface area contributed by atoms with E-state index in [1.165, 1.54) is 18.2 Å². The molecule has 10 heteroatoms. The Morgan fingerprint density at radius 2 is 2.07 bits per heavy atom. The summed E-state index contributed by atoms with van der Waals surface area (Å²) in [4.78, 5) is 14.6. The highest BCUT2D eigenvalue weighted by Gasteiger charge is 2.40. The van der Waals surface area contributed by atoms with Gasteiger partial charge in [-0.3, -0.25) is 9.69 Å². The van der Waals surface area contributed by atoms with E-state index in [1.807, 2.05) is 0 Å². The van der Waals surface area contributed by atoms with Crippen LogP contribution in [-0.4, -0.2) is 59.5 Å². The molecule has 6 nitrogen and oxygen atoms in total. The summed E-state index contributed by atoms with van der Waals surface area (Å²) in [6.45, 7) is 4.93. The van der Waals surface area contributed by atoms with E-state index in [2.05, 4.69) is 15.3 Å². The van der Waals surface area contributed by atoms with Crippen LogP contribution in [0.15, 0.2) is 30.5 Å². The quantitative estimate of drug-likeness (QED) is 0.814. The molecule has 1 N–H and O–H groups in total. The number of hydrogen-bond acceptors (Lipinski definition) is 4. The third kappa shape index (κ3) is 4.84. The Labute approximate surface area is 165 Å². The Morgan fingerprint density at radius 3 is 2.71 bits per heavy atom. The lowest BCUT2D eigenvalue weighted by molar-refractivity contribution is -0.143. The zero-order chi connectivity index (χ0) is 20.3. The second-order valence-electron chi connectivity index (χ2n) is 6.58. The topological polar surface area (TPSA) is 59.4 Å². The van der Waals surface area contributed by atoms with Crippen LogP contribution in [0.4, 0.5) is 13.2 Å². The predicted octanol–water partition coefficient (Wildman–Crippen LogP) is 3.00. The highest BCUT2D eigenvalue weighted by molar-refractivity contribution is 6.30. The van der Waals surface area contributed by atoms with Crippen molar-refractivity contribution in [2.24, 2.45) is 0 Å². The van der Waals surface area contributed by atoms with Crippen LogP contribution in [0.5, 0.6) is 0 Å². The minimum atomic E-state index is -4.76. The Bertz CT molecular complexity index is 834. The second kappa shape index (κ2) is 8.50. The number of nitrogens with zero attached hydrogens (tertiary/aromatic N) is 3. The lowest BCUT2D eigenvalue weighted by atomic mass is 10.2. The van der Waals surface area contributed by atoms with Gasteiger partial charge in [0, 0.05) is 30.7 Å².